The van der Waals surface area contributed by atoms with Gasteiger partial charge in [-0.15, -0.1) is 0 Å². The topological polar surface area (TPSA) is 91.4 Å². The highest BCUT2D eigenvalue weighted by atomic mass is 16.2. The lowest BCUT2D eigenvalue weighted by Gasteiger charge is -2.27. The molecule has 1 aromatic heterocycles. The molecule has 0 aliphatic heterocycles. The number of hydrogen-bond acceptors (Lipinski definition) is 4. The van der Waals surface area contributed by atoms with Crippen LogP contribution in [-0.2, 0) is 14.4 Å². The van der Waals surface area contributed by atoms with Crippen LogP contribution in [0.15, 0.2) is 36.5 Å². The molecule has 2 N–H and O–H groups in total. The normalized spacial score (nSPS) is 13.9. The summed E-state index contributed by atoms with van der Waals surface area (Å²) in [5.74, 6) is -0.237. The quantitative estimate of drug-likeness (QED) is 0.630. The van der Waals surface area contributed by atoms with Crippen molar-refractivity contribution in [3.05, 3.63) is 53.2 Å². The third-order valence-corrected chi connectivity index (χ3v) is 5.98. The molecular formula is C26H34N4O3. The molecule has 1 fully saturated rings. The third-order valence-electron chi connectivity index (χ3n) is 5.98. The lowest BCUT2D eigenvalue weighted by molar-refractivity contribution is -0.125. The van der Waals surface area contributed by atoms with Gasteiger partial charge in [0.05, 0.1) is 0 Å². The summed E-state index contributed by atoms with van der Waals surface area (Å²) >= 11 is 0. The monoisotopic (exact) mass is 450 g/mol. The highest BCUT2D eigenvalue weighted by molar-refractivity contribution is 6.01. The van der Waals surface area contributed by atoms with E-state index in [2.05, 4.69) is 15.6 Å². The van der Waals surface area contributed by atoms with E-state index in [9.17, 15) is 14.4 Å². The summed E-state index contributed by atoms with van der Waals surface area (Å²) < 4.78 is 0. The molecule has 176 valence electrons. The molecule has 0 radical (unpaired) electrons. The molecule has 1 aliphatic rings. The molecule has 7 nitrogen and oxygen atoms in total. The van der Waals surface area contributed by atoms with Crippen LogP contribution in [0, 0.1) is 20.8 Å². The van der Waals surface area contributed by atoms with Crippen LogP contribution in [0.1, 0.15) is 61.6 Å². The molecule has 3 rings (SSSR count). The highest BCUT2D eigenvalue weighted by Crippen LogP contribution is 2.23. The molecule has 0 unspecified atom stereocenters. The van der Waals surface area contributed by atoms with Gasteiger partial charge in [0.2, 0.25) is 17.7 Å². The maximum Gasteiger partial charge on any atom is 0.240 e. The second kappa shape index (κ2) is 11.6. The van der Waals surface area contributed by atoms with Gasteiger partial charge in [0.1, 0.15) is 12.4 Å². The van der Waals surface area contributed by atoms with Gasteiger partial charge in [-0.05, 0) is 68.5 Å². The molecule has 33 heavy (non-hydrogen) atoms. The van der Waals surface area contributed by atoms with Gasteiger partial charge in [-0.2, -0.15) is 0 Å². The van der Waals surface area contributed by atoms with Crippen molar-refractivity contribution in [3.63, 3.8) is 0 Å². The van der Waals surface area contributed by atoms with Crippen LogP contribution in [0.4, 0.5) is 11.5 Å². The number of anilines is 2. The summed E-state index contributed by atoms with van der Waals surface area (Å²) in [5, 5.41) is 5.82. The summed E-state index contributed by atoms with van der Waals surface area (Å²) in [6.45, 7) is 5.74. The third kappa shape index (κ3) is 7.41. The molecule has 2 aromatic rings. The minimum Gasteiger partial charge on any atom is -0.352 e. The first-order chi connectivity index (χ1) is 15.8. The van der Waals surface area contributed by atoms with Crippen molar-refractivity contribution < 1.29 is 14.4 Å². The second-order valence-electron chi connectivity index (χ2n) is 8.94. The molecule has 3 amide bonds. The summed E-state index contributed by atoms with van der Waals surface area (Å²) in [4.78, 5) is 44.0. The van der Waals surface area contributed by atoms with Gasteiger partial charge in [-0.25, -0.2) is 4.98 Å². The van der Waals surface area contributed by atoms with Crippen molar-refractivity contribution in [2.24, 2.45) is 0 Å². The molecule has 0 saturated heterocycles. The Bertz CT molecular complexity index is 999. The zero-order valence-electron chi connectivity index (χ0n) is 19.8. The maximum atomic E-state index is 13.2. The molecule has 0 atom stereocenters. The van der Waals surface area contributed by atoms with E-state index in [4.69, 9.17) is 0 Å². The SMILES string of the molecule is Cc1ccnc(NC(=O)CCC(=O)N(CC(=O)NC2CCCCC2)c2cc(C)ccc2C)c1. The Kier molecular flexibility index (Phi) is 8.58. The standard InChI is InChI=1S/C26H34N4O3/c1-18-9-10-20(3)22(15-18)30(17-25(32)28-21-7-5-4-6-8-21)26(33)12-11-24(31)29-23-16-19(2)13-14-27-23/h9-10,13-16,21H,4-8,11-12,17H2,1-3H3,(H,28,32)(H,27,29,31). The van der Waals surface area contributed by atoms with Gasteiger partial charge in [0.25, 0.3) is 0 Å². The number of pyridine rings is 1. The van der Waals surface area contributed by atoms with Gasteiger partial charge in [-0.1, -0.05) is 31.4 Å². The van der Waals surface area contributed by atoms with E-state index in [1.807, 2.05) is 45.0 Å². The first kappa shape index (κ1) is 24.4. The van der Waals surface area contributed by atoms with E-state index in [0.717, 1.165) is 42.4 Å². The van der Waals surface area contributed by atoms with Crippen LogP contribution in [-0.4, -0.2) is 35.3 Å². The molecule has 0 spiro atoms. The highest BCUT2D eigenvalue weighted by Gasteiger charge is 2.23. The number of benzene rings is 1. The Hall–Kier alpha value is -3.22. The Balaban J connectivity index is 1.67. The number of amides is 3. The summed E-state index contributed by atoms with van der Waals surface area (Å²) in [5.41, 5.74) is 3.61. The van der Waals surface area contributed by atoms with E-state index >= 15 is 0 Å². The van der Waals surface area contributed by atoms with E-state index in [1.54, 1.807) is 12.3 Å². The van der Waals surface area contributed by atoms with Crippen molar-refractivity contribution in [1.29, 1.82) is 0 Å². The minimum absolute atomic E-state index is 0.00173. The Morgan fingerprint density at radius 1 is 0.939 bits per heavy atom. The Morgan fingerprint density at radius 3 is 2.39 bits per heavy atom. The molecule has 1 aliphatic carbocycles. The van der Waals surface area contributed by atoms with Crippen molar-refractivity contribution in [3.8, 4) is 0 Å². The van der Waals surface area contributed by atoms with Gasteiger partial charge in [0, 0.05) is 30.8 Å². The minimum atomic E-state index is -0.283. The van der Waals surface area contributed by atoms with Crippen LogP contribution in [0.25, 0.3) is 0 Å². The smallest absolute Gasteiger partial charge is 0.240 e. The van der Waals surface area contributed by atoms with Crippen molar-refractivity contribution >= 4 is 29.2 Å². The average Bonchev–Trinajstić information content (AvgIpc) is 2.78. The molecule has 0 bridgehead atoms. The molecule has 7 heteroatoms. The number of aromatic nitrogens is 1. The zero-order valence-corrected chi connectivity index (χ0v) is 19.8. The van der Waals surface area contributed by atoms with Crippen molar-refractivity contribution in [2.75, 3.05) is 16.8 Å². The van der Waals surface area contributed by atoms with Gasteiger partial charge in [-0.3, -0.25) is 14.4 Å². The first-order valence-electron chi connectivity index (χ1n) is 11.7. The van der Waals surface area contributed by atoms with Crippen LogP contribution in [0.3, 0.4) is 0 Å². The van der Waals surface area contributed by atoms with Crippen LogP contribution in [0.5, 0.6) is 0 Å². The van der Waals surface area contributed by atoms with E-state index in [1.165, 1.54) is 11.3 Å². The van der Waals surface area contributed by atoms with Gasteiger partial charge in [0.15, 0.2) is 0 Å². The number of rotatable bonds is 8. The molecular weight excluding hydrogens is 416 g/mol. The largest absolute Gasteiger partial charge is 0.352 e. The Morgan fingerprint density at radius 2 is 1.67 bits per heavy atom. The van der Waals surface area contributed by atoms with Gasteiger partial charge >= 0.3 is 0 Å². The fraction of sp³-hybridized carbons (Fsp3) is 0.462. The van der Waals surface area contributed by atoms with Crippen molar-refractivity contribution in [1.82, 2.24) is 10.3 Å². The van der Waals surface area contributed by atoms with Crippen LogP contribution >= 0.6 is 0 Å². The van der Waals surface area contributed by atoms with E-state index in [0.29, 0.717) is 11.5 Å². The maximum absolute atomic E-state index is 13.2. The van der Waals surface area contributed by atoms with Crippen molar-refractivity contribution in [2.45, 2.75) is 71.8 Å². The fourth-order valence-corrected chi connectivity index (χ4v) is 4.15. The van der Waals surface area contributed by atoms with Crippen LogP contribution in [0.2, 0.25) is 0 Å². The summed E-state index contributed by atoms with van der Waals surface area (Å²) in [6.07, 6.45) is 7.06. The lowest BCUT2D eigenvalue weighted by Crippen LogP contribution is -2.45. The number of nitrogens with zero attached hydrogens (tertiary/aromatic N) is 2. The Labute approximate surface area is 196 Å². The number of carbonyl (C=O) groups is 3. The predicted molar refractivity (Wildman–Crippen MR) is 130 cm³/mol. The number of aryl methyl sites for hydroxylation is 3. The summed E-state index contributed by atoms with van der Waals surface area (Å²) in [6, 6.07) is 9.63. The molecule has 1 saturated carbocycles. The predicted octanol–water partition coefficient (Wildman–Crippen LogP) is 4.21. The zero-order chi connectivity index (χ0) is 23.8. The second-order valence-corrected chi connectivity index (χ2v) is 8.94. The molecule has 1 aromatic carbocycles. The van der Waals surface area contributed by atoms with E-state index < -0.39 is 0 Å². The average molecular weight is 451 g/mol. The fourth-order valence-electron chi connectivity index (χ4n) is 4.15. The summed E-state index contributed by atoms with van der Waals surface area (Å²) in [7, 11) is 0. The van der Waals surface area contributed by atoms with Gasteiger partial charge < -0.3 is 15.5 Å². The first-order valence-corrected chi connectivity index (χ1v) is 11.7. The lowest BCUT2D eigenvalue weighted by atomic mass is 9.95. The number of hydrogen-bond donors (Lipinski definition) is 2. The van der Waals surface area contributed by atoms with E-state index in [-0.39, 0.29) is 43.1 Å². The molecule has 1 heterocycles. The number of nitrogens with one attached hydrogen (secondary N) is 2. The number of carbonyl (C=O) groups excluding carboxylic acids is 3. The van der Waals surface area contributed by atoms with Crippen LogP contribution < -0.4 is 15.5 Å².